The monoisotopic (exact) mass is 524 g/mol. The molecule has 1 aliphatic rings. The van der Waals surface area contributed by atoms with Crippen LogP contribution >= 0.6 is 23.2 Å². The number of hydrogen-bond acceptors (Lipinski definition) is 5. The second-order valence-electron chi connectivity index (χ2n) is 8.37. The van der Waals surface area contributed by atoms with Crippen LogP contribution in [-0.2, 0) is 16.1 Å². The van der Waals surface area contributed by atoms with Crippen LogP contribution in [0.3, 0.4) is 0 Å². The summed E-state index contributed by atoms with van der Waals surface area (Å²) in [6, 6.07) is 20.5. The molecule has 1 N–H and O–H groups in total. The van der Waals surface area contributed by atoms with E-state index in [1.165, 1.54) is 0 Å². The molecule has 0 saturated carbocycles. The van der Waals surface area contributed by atoms with E-state index in [9.17, 15) is 9.59 Å². The number of likely N-dealkylation sites (N-methyl/N-ethyl adjacent to an activating group) is 1. The van der Waals surface area contributed by atoms with Gasteiger partial charge in [0.25, 0.3) is 5.91 Å². The summed E-state index contributed by atoms with van der Waals surface area (Å²) in [5.41, 5.74) is 4.04. The second-order valence-corrected chi connectivity index (χ2v) is 9.22. The molecule has 6 nitrogen and oxygen atoms in total. The Bertz CT molecular complexity index is 1310. The molecule has 8 heteroatoms. The third kappa shape index (κ3) is 5.83. The number of carbonyl (C=O) groups excluding carboxylic acids is 2. The van der Waals surface area contributed by atoms with Crippen molar-refractivity contribution in [2.75, 3.05) is 20.8 Å². The van der Waals surface area contributed by atoms with Crippen molar-refractivity contribution in [2.45, 2.75) is 19.4 Å². The number of ether oxygens (including phenoxy) is 2. The zero-order valence-corrected chi connectivity index (χ0v) is 21.5. The van der Waals surface area contributed by atoms with E-state index in [4.69, 9.17) is 32.7 Å². The molecule has 2 amide bonds. The maximum absolute atomic E-state index is 13.4. The fourth-order valence-electron chi connectivity index (χ4n) is 4.15. The number of imide groups is 1. The minimum Gasteiger partial charge on any atom is -0.497 e. The molecule has 3 aromatic rings. The molecule has 3 aromatic carbocycles. The van der Waals surface area contributed by atoms with E-state index < -0.39 is 5.91 Å². The van der Waals surface area contributed by atoms with Crippen molar-refractivity contribution < 1.29 is 19.1 Å². The van der Waals surface area contributed by atoms with Crippen molar-refractivity contribution in [1.82, 2.24) is 10.2 Å². The molecule has 36 heavy (non-hydrogen) atoms. The van der Waals surface area contributed by atoms with E-state index in [1.54, 1.807) is 25.3 Å². The highest BCUT2D eigenvalue weighted by atomic mass is 35.5. The van der Waals surface area contributed by atoms with E-state index in [0.717, 1.165) is 22.3 Å². The number of benzene rings is 3. The number of methoxy groups -OCH3 is 1. The molecule has 0 radical (unpaired) electrons. The highest BCUT2D eigenvalue weighted by molar-refractivity contribution is 6.35. The largest absolute Gasteiger partial charge is 0.497 e. The Morgan fingerprint density at radius 2 is 1.81 bits per heavy atom. The zero-order valence-electron chi connectivity index (χ0n) is 20.0. The van der Waals surface area contributed by atoms with Gasteiger partial charge in [0.15, 0.2) is 0 Å². The van der Waals surface area contributed by atoms with Gasteiger partial charge in [0.05, 0.1) is 18.7 Å². The van der Waals surface area contributed by atoms with E-state index >= 15 is 0 Å². The molecular weight excluding hydrogens is 499 g/mol. The third-order valence-corrected chi connectivity index (χ3v) is 6.37. The maximum Gasteiger partial charge on any atom is 0.274 e. The summed E-state index contributed by atoms with van der Waals surface area (Å²) in [6.07, 6.45) is 0.539. The first-order chi connectivity index (χ1) is 17.4. The van der Waals surface area contributed by atoms with Crippen LogP contribution in [0.15, 0.2) is 72.4 Å². The molecule has 0 fully saturated rings. The molecule has 0 unspecified atom stereocenters. The number of carbonyl (C=O) groups is 2. The van der Waals surface area contributed by atoms with Gasteiger partial charge in [0, 0.05) is 30.6 Å². The van der Waals surface area contributed by atoms with Crippen molar-refractivity contribution in [3.05, 3.63) is 99.2 Å². The first-order valence-corrected chi connectivity index (χ1v) is 12.2. The number of halogens is 2. The van der Waals surface area contributed by atoms with Crippen LogP contribution in [-0.4, -0.2) is 37.5 Å². The number of hydrogen-bond donors (Lipinski definition) is 1. The van der Waals surface area contributed by atoms with Gasteiger partial charge in [-0.1, -0.05) is 59.6 Å². The highest BCUT2D eigenvalue weighted by Gasteiger charge is 2.29. The van der Waals surface area contributed by atoms with Gasteiger partial charge in [-0.15, -0.1) is 0 Å². The lowest BCUT2D eigenvalue weighted by atomic mass is 9.88. The fraction of sp³-hybridized carbons (Fsp3) is 0.214. The first kappa shape index (κ1) is 25.6. The number of rotatable bonds is 8. The van der Waals surface area contributed by atoms with E-state index in [0.29, 0.717) is 40.2 Å². The predicted molar refractivity (Wildman–Crippen MR) is 141 cm³/mol. The van der Waals surface area contributed by atoms with Gasteiger partial charge in [0.1, 0.15) is 17.2 Å². The van der Waals surface area contributed by atoms with Crippen LogP contribution in [0.5, 0.6) is 11.5 Å². The Labute approximate surface area is 220 Å². The molecule has 1 aliphatic heterocycles. The standard InChI is InChI=1S/C28H26Cl2N2O4/c1-32-17-19-10-12-21(35-2)16-22(19)26(18-7-4-3-5-8-18)27(32)28(34)31-25(33)9-6-14-36-24-13-11-20(29)15-23(24)30/h3-5,7-8,10-13,15-16H,6,9,14,17H2,1-2H3,(H,31,33,34). The predicted octanol–water partition coefficient (Wildman–Crippen LogP) is 5.71. The number of nitrogens with zero attached hydrogens (tertiary/aromatic N) is 1. The smallest absolute Gasteiger partial charge is 0.274 e. The van der Waals surface area contributed by atoms with Crippen molar-refractivity contribution >= 4 is 40.6 Å². The Balaban J connectivity index is 1.50. The summed E-state index contributed by atoms with van der Waals surface area (Å²) in [5.74, 6) is 0.364. The third-order valence-electron chi connectivity index (χ3n) is 5.84. The van der Waals surface area contributed by atoms with E-state index in [2.05, 4.69) is 5.32 Å². The van der Waals surface area contributed by atoms with Crippen molar-refractivity contribution in [1.29, 1.82) is 0 Å². The first-order valence-electron chi connectivity index (χ1n) is 11.5. The molecule has 0 atom stereocenters. The highest BCUT2D eigenvalue weighted by Crippen LogP contribution is 2.37. The molecule has 0 spiro atoms. The summed E-state index contributed by atoms with van der Waals surface area (Å²) in [7, 11) is 3.46. The molecule has 1 heterocycles. The summed E-state index contributed by atoms with van der Waals surface area (Å²) < 4.78 is 11.1. The van der Waals surface area contributed by atoms with Gasteiger partial charge in [-0.2, -0.15) is 0 Å². The minimum absolute atomic E-state index is 0.124. The summed E-state index contributed by atoms with van der Waals surface area (Å²) >= 11 is 12.0. The Morgan fingerprint density at radius 1 is 1.03 bits per heavy atom. The topological polar surface area (TPSA) is 67.9 Å². The summed E-state index contributed by atoms with van der Waals surface area (Å²) in [5, 5.41) is 3.47. The maximum atomic E-state index is 13.4. The molecular formula is C28H26Cl2N2O4. The van der Waals surface area contributed by atoms with Crippen LogP contribution in [0, 0.1) is 0 Å². The lowest BCUT2D eigenvalue weighted by Gasteiger charge is -2.32. The van der Waals surface area contributed by atoms with Gasteiger partial charge < -0.3 is 14.4 Å². The Kier molecular flexibility index (Phi) is 8.18. The number of amides is 2. The lowest BCUT2D eigenvalue weighted by molar-refractivity contribution is -0.129. The second kappa shape index (κ2) is 11.5. The molecule has 186 valence electrons. The van der Waals surface area contributed by atoms with Crippen LogP contribution in [0.2, 0.25) is 10.0 Å². The Hall–Kier alpha value is -3.48. The quantitative estimate of drug-likeness (QED) is 0.382. The normalized spacial score (nSPS) is 12.7. The van der Waals surface area contributed by atoms with Gasteiger partial charge in [-0.25, -0.2) is 0 Å². The SMILES string of the molecule is COc1ccc2c(c1)C(c1ccccc1)=C(C(=O)NC(=O)CCCOc1ccc(Cl)cc1Cl)N(C)C2. The number of fused-ring (bicyclic) bond motifs is 1. The van der Waals surface area contributed by atoms with Crippen LogP contribution in [0.1, 0.15) is 29.5 Å². The molecule has 0 aliphatic carbocycles. The molecule has 4 rings (SSSR count). The molecule has 0 aromatic heterocycles. The van der Waals surface area contributed by atoms with Gasteiger partial charge in [-0.3, -0.25) is 14.9 Å². The van der Waals surface area contributed by atoms with E-state index in [-0.39, 0.29) is 18.9 Å². The molecule has 0 saturated heterocycles. The van der Waals surface area contributed by atoms with Crippen molar-refractivity contribution in [3.8, 4) is 11.5 Å². The van der Waals surface area contributed by atoms with Gasteiger partial charge in [0.2, 0.25) is 5.91 Å². The number of nitrogens with one attached hydrogen (secondary N) is 1. The van der Waals surface area contributed by atoms with E-state index in [1.807, 2.05) is 60.5 Å². The van der Waals surface area contributed by atoms with Gasteiger partial charge >= 0.3 is 0 Å². The lowest BCUT2D eigenvalue weighted by Crippen LogP contribution is -2.39. The fourth-order valence-corrected chi connectivity index (χ4v) is 4.61. The molecule has 0 bridgehead atoms. The zero-order chi connectivity index (χ0) is 25.7. The average molecular weight is 525 g/mol. The average Bonchev–Trinajstić information content (AvgIpc) is 2.87. The summed E-state index contributed by atoms with van der Waals surface area (Å²) in [6.45, 7) is 0.802. The van der Waals surface area contributed by atoms with Crippen molar-refractivity contribution in [3.63, 3.8) is 0 Å². The van der Waals surface area contributed by atoms with Crippen LogP contribution in [0.25, 0.3) is 5.57 Å². The summed E-state index contributed by atoms with van der Waals surface area (Å²) in [4.78, 5) is 27.9. The van der Waals surface area contributed by atoms with Crippen molar-refractivity contribution in [2.24, 2.45) is 0 Å². The minimum atomic E-state index is -0.448. The Morgan fingerprint density at radius 3 is 2.53 bits per heavy atom. The van der Waals surface area contributed by atoms with Crippen LogP contribution in [0.4, 0.5) is 0 Å². The van der Waals surface area contributed by atoms with Gasteiger partial charge in [-0.05, 0) is 53.4 Å². The van der Waals surface area contributed by atoms with Crippen LogP contribution < -0.4 is 14.8 Å².